The van der Waals surface area contributed by atoms with Gasteiger partial charge in [0, 0.05) is 5.33 Å². The highest BCUT2D eigenvalue weighted by Gasteiger charge is 2.11. The average Bonchev–Trinajstić information content (AvgIpc) is 2.54. The molecule has 0 heterocycles. The zero-order valence-electron chi connectivity index (χ0n) is 11.6. The molecular formula is C18H13BrN2. The van der Waals surface area contributed by atoms with Gasteiger partial charge in [-0.25, -0.2) is 0 Å². The van der Waals surface area contributed by atoms with Crippen LogP contribution in [0.4, 0.5) is 0 Å². The van der Waals surface area contributed by atoms with Crippen molar-refractivity contribution in [2.45, 2.75) is 12.3 Å². The zero-order valence-corrected chi connectivity index (χ0v) is 13.2. The smallest absolute Gasteiger partial charge is 0.101 e. The number of hydrogen-bond acceptors (Lipinski definition) is 2. The van der Waals surface area contributed by atoms with Crippen molar-refractivity contribution in [1.29, 1.82) is 10.5 Å². The molecule has 0 saturated heterocycles. The number of rotatable bonds is 3. The van der Waals surface area contributed by atoms with Crippen molar-refractivity contribution in [3.8, 4) is 12.1 Å². The van der Waals surface area contributed by atoms with Crippen LogP contribution in [0, 0.1) is 29.6 Å². The molecule has 0 aromatic heterocycles. The highest BCUT2D eigenvalue weighted by Crippen LogP contribution is 2.26. The van der Waals surface area contributed by atoms with Crippen molar-refractivity contribution >= 4 is 27.1 Å². The summed E-state index contributed by atoms with van der Waals surface area (Å²) < 4.78 is 0. The summed E-state index contributed by atoms with van der Waals surface area (Å²) in [5.41, 5.74) is 4.59. The third kappa shape index (κ3) is 3.40. The summed E-state index contributed by atoms with van der Waals surface area (Å²) in [4.78, 5) is 0. The SMILES string of the molecule is Cc1ccc(C(C#N)=C(C#N)c2ccc(CBr)cc2)cc1. The maximum absolute atomic E-state index is 9.46. The summed E-state index contributed by atoms with van der Waals surface area (Å²) >= 11 is 3.39. The van der Waals surface area contributed by atoms with Crippen molar-refractivity contribution in [3.05, 3.63) is 70.8 Å². The normalized spacial score (nSPS) is 11.2. The van der Waals surface area contributed by atoms with E-state index in [1.165, 1.54) is 0 Å². The van der Waals surface area contributed by atoms with Gasteiger partial charge in [0.05, 0.1) is 11.1 Å². The quantitative estimate of drug-likeness (QED) is 0.457. The van der Waals surface area contributed by atoms with Gasteiger partial charge in [-0.3, -0.25) is 0 Å². The van der Waals surface area contributed by atoms with Crippen LogP contribution in [0.5, 0.6) is 0 Å². The van der Waals surface area contributed by atoms with Gasteiger partial charge in [0.15, 0.2) is 0 Å². The molecule has 0 spiro atoms. The number of allylic oxidation sites excluding steroid dienone is 2. The van der Waals surface area contributed by atoms with E-state index >= 15 is 0 Å². The standard InChI is InChI=1S/C18H13BrN2/c1-13-2-6-15(7-3-13)17(11-20)18(12-21)16-8-4-14(10-19)5-9-16/h2-9H,10H2,1H3. The van der Waals surface area contributed by atoms with Crippen LogP contribution in [0.15, 0.2) is 48.5 Å². The van der Waals surface area contributed by atoms with E-state index in [4.69, 9.17) is 0 Å². The van der Waals surface area contributed by atoms with Crippen LogP contribution in [-0.2, 0) is 5.33 Å². The van der Waals surface area contributed by atoms with E-state index in [9.17, 15) is 10.5 Å². The van der Waals surface area contributed by atoms with Crippen molar-refractivity contribution in [2.75, 3.05) is 0 Å². The van der Waals surface area contributed by atoms with Crippen LogP contribution in [-0.4, -0.2) is 0 Å². The molecule has 0 aliphatic rings. The van der Waals surface area contributed by atoms with Gasteiger partial charge in [0.2, 0.25) is 0 Å². The molecule has 0 aliphatic heterocycles. The lowest BCUT2D eigenvalue weighted by atomic mass is 9.95. The molecule has 0 atom stereocenters. The van der Waals surface area contributed by atoms with Gasteiger partial charge >= 0.3 is 0 Å². The summed E-state index contributed by atoms with van der Waals surface area (Å²) in [6, 6.07) is 19.6. The first-order valence-corrected chi connectivity index (χ1v) is 7.58. The van der Waals surface area contributed by atoms with Gasteiger partial charge in [-0.1, -0.05) is 70.0 Å². The van der Waals surface area contributed by atoms with Crippen LogP contribution in [0.1, 0.15) is 22.3 Å². The fourth-order valence-corrected chi connectivity index (χ4v) is 2.38. The minimum absolute atomic E-state index is 0.405. The van der Waals surface area contributed by atoms with Crippen LogP contribution >= 0.6 is 15.9 Å². The molecule has 0 aliphatic carbocycles. The number of benzene rings is 2. The Hall–Kier alpha value is -2.36. The number of halogens is 1. The van der Waals surface area contributed by atoms with Gasteiger partial charge in [0.25, 0.3) is 0 Å². The Morgan fingerprint density at radius 2 is 1.29 bits per heavy atom. The van der Waals surface area contributed by atoms with E-state index in [0.717, 1.165) is 27.6 Å². The molecule has 0 saturated carbocycles. The van der Waals surface area contributed by atoms with Crippen LogP contribution < -0.4 is 0 Å². The molecule has 2 rings (SSSR count). The van der Waals surface area contributed by atoms with E-state index in [2.05, 4.69) is 28.1 Å². The second-order valence-corrected chi connectivity index (χ2v) is 5.23. The molecule has 0 N–H and O–H groups in total. The van der Waals surface area contributed by atoms with Crippen molar-refractivity contribution in [3.63, 3.8) is 0 Å². The first-order chi connectivity index (χ1) is 10.2. The van der Waals surface area contributed by atoms with Gasteiger partial charge in [-0.15, -0.1) is 0 Å². The minimum atomic E-state index is 0.405. The Morgan fingerprint density at radius 3 is 1.67 bits per heavy atom. The predicted octanol–water partition coefficient (Wildman–Crippen LogP) is 4.85. The predicted molar refractivity (Wildman–Crippen MR) is 88.3 cm³/mol. The van der Waals surface area contributed by atoms with E-state index in [1.807, 2.05) is 55.5 Å². The largest absolute Gasteiger partial charge is 0.192 e. The Kier molecular flexibility index (Phi) is 4.93. The van der Waals surface area contributed by atoms with Gasteiger partial charge < -0.3 is 0 Å². The fraction of sp³-hybridized carbons (Fsp3) is 0.111. The van der Waals surface area contributed by atoms with Crippen molar-refractivity contribution in [2.24, 2.45) is 0 Å². The third-order valence-corrected chi connectivity index (χ3v) is 3.86. The maximum Gasteiger partial charge on any atom is 0.101 e. The Morgan fingerprint density at radius 1 is 0.857 bits per heavy atom. The molecule has 0 bridgehead atoms. The third-order valence-electron chi connectivity index (χ3n) is 3.21. The van der Waals surface area contributed by atoms with Gasteiger partial charge in [-0.2, -0.15) is 10.5 Å². The fourth-order valence-electron chi connectivity index (χ4n) is 2.01. The zero-order chi connectivity index (χ0) is 15.2. The van der Waals surface area contributed by atoms with Crippen LogP contribution in [0.2, 0.25) is 0 Å². The number of aryl methyl sites for hydroxylation is 1. The molecule has 0 amide bonds. The lowest BCUT2D eigenvalue weighted by molar-refractivity contribution is 1.42. The summed E-state index contributed by atoms with van der Waals surface area (Å²) in [6.07, 6.45) is 0. The second kappa shape index (κ2) is 6.88. The molecule has 2 aromatic carbocycles. The molecule has 3 heteroatoms. The van der Waals surface area contributed by atoms with Gasteiger partial charge in [-0.05, 0) is 23.6 Å². The van der Waals surface area contributed by atoms with Crippen molar-refractivity contribution < 1.29 is 0 Å². The summed E-state index contributed by atoms with van der Waals surface area (Å²) in [5, 5.41) is 19.7. The molecule has 0 unspecified atom stereocenters. The highest BCUT2D eigenvalue weighted by atomic mass is 79.9. The second-order valence-electron chi connectivity index (χ2n) is 4.67. The topological polar surface area (TPSA) is 47.6 Å². The maximum atomic E-state index is 9.46. The molecule has 102 valence electrons. The molecule has 0 fully saturated rings. The van der Waals surface area contributed by atoms with Crippen molar-refractivity contribution in [1.82, 2.24) is 0 Å². The lowest BCUT2D eigenvalue weighted by Crippen LogP contribution is -1.90. The highest BCUT2D eigenvalue weighted by molar-refractivity contribution is 9.08. The number of nitrogens with zero attached hydrogens (tertiary/aromatic N) is 2. The molecule has 0 radical (unpaired) electrons. The number of hydrogen-bond donors (Lipinski definition) is 0. The number of nitriles is 2. The monoisotopic (exact) mass is 336 g/mol. The average molecular weight is 337 g/mol. The minimum Gasteiger partial charge on any atom is -0.192 e. The molecule has 21 heavy (non-hydrogen) atoms. The van der Waals surface area contributed by atoms with Crippen LogP contribution in [0.3, 0.4) is 0 Å². The first-order valence-electron chi connectivity index (χ1n) is 6.46. The molecule has 2 nitrogen and oxygen atoms in total. The molecule has 2 aromatic rings. The summed E-state index contributed by atoms with van der Waals surface area (Å²) in [7, 11) is 0. The Bertz CT molecular complexity index is 742. The van der Waals surface area contributed by atoms with E-state index in [-0.39, 0.29) is 0 Å². The molecular weight excluding hydrogens is 324 g/mol. The lowest BCUT2D eigenvalue weighted by Gasteiger charge is -2.06. The van der Waals surface area contributed by atoms with E-state index in [0.29, 0.717) is 11.1 Å². The first kappa shape index (κ1) is 15.0. The number of alkyl halides is 1. The van der Waals surface area contributed by atoms with Gasteiger partial charge in [0.1, 0.15) is 12.1 Å². The van der Waals surface area contributed by atoms with E-state index in [1.54, 1.807) is 0 Å². The summed E-state index contributed by atoms with van der Waals surface area (Å²) in [6.45, 7) is 1.99. The Labute approximate surface area is 133 Å². The Balaban J connectivity index is 2.56. The van der Waals surface area contributed by atoms with E-state index < -0.39 is 0 Å². The van der Waals surface area contributed by atoms with Crippen LogP contribution in [0.25, 0.3) is 11.1 Å². The summed E-state index contributed by atoms with van der Waals surface area (Å²) in [5.74, 6) is 0.